The number of aryl methyl sites for hydroxylation is 1. The third kappa shape index (κ3) is 3.57. The van der Waals surface area contributed by atoms with E-state index in [-0.39, 0.29) is 24.0 Å². The van der Waals surface area contributed by atoms with Crippen LogP contribution in [-0.4, -0.2) is 72.2 Å². The molecule has 28 heavy (non-hydrogen) atoms. The predicted molar refractivity (Wildman–Crippen MR) is 99.5 cm³/mol. The molecule has 0 unspecified atom stereocenters. The van der Waals surface area contributed by atoms with E-state index in [0.717, 1.165) is 0 Å². The summed E-state index contributed by atoms with van der Waals surface area (Å²) in [6.45, 7) is 1.50. The molecule has 2 aliphatic heterocycles. The molecule has 1 aromatic carbocycles. The highest BCUT2D eigenvalue weighted by Gasteiger charge is 2.34. The Bertz CT molecular complexity index is 974. The number of fused-ring (bicyclic) bond motifs is 1. The minimum Gasteiger partial charge on any atom is -0.485 e. The van der Waals surface area contributed by atoms with Gasteiger partial charge in [-0.25, -0.2) is 8.42 Å². The molecule has 1 aromatic heterocycles. The van der Waals surface area contributed by atoms with Crippen molar-refractivity contribution >= 4 is 15.9 Å². The summed E-state index contributed by atoms with van der Waals surface area (Å²) in [7, 11) is -1.95. The van der Waals surface area contributed by atoms with E-state index in [1.54, 1.807) is 24.1 Å². The molecular weight excluding hydrogens is 384 g/mol. The summed E-state index contributed by atoms with van der Waals surface area (Å²) < 4.78 is 39.9. The highest BCUT2D eigenvalue weighted by Crippen LogP contribution is 2.31. The number of aromatic nitrogens is 2. The minimum atomic E-state index is -3.62. The molecule has 9 nitrogen and oxygen atoms in total. The molecule has 0 aliphatic carbocycles. The van der Waals surface area contributed by atoms with Crippen LogP contribution in [0.15, 0.2) is 41.6 Å². The van der Waals surface area contributed by atoms with E-state index in [1.165, 1.54) is 21.4 Å². The van der Waals surface area contributed by atoms with Gasteiger partial charge in [-0.05, 0) is 18.6 Å². The molecule has 1 saturated heterocycles. The van der Waals surface area contributed by atoms with Crippen LogP contribution in [0.5, 0.6) is 11.5 Å². The third-order valence-electron chi connectivity index (χ3n) is 4.87. The van der Waals surface area contributed by atoms with Crippen LogP contribution in [0.2, 0.25) is 0 Å². The Hall–Kier alpha value is -2.59. The van der Waals surface area contributed by atoms with Crippen molar-refractivity contribution in [1.29, 1.82) is 0 Å². The van der Waals surface area contributed by atoms with E-state index < -0.39 is 16.1 Å². The molecule has 0 N–H and O–H groups in total. The van der Waals surface area contributed by atoms with E-state index in [2.05, 4.69) is 5.10 Å². The Morgan fingerprint density at radius 2 is 1.93 bits per heavy atom. The van der Waals surface area contributed by atoms with Crippen molar-refractivity contribution in [3.63, 3.8) is 0 Å². The first kappa shape index (κ1) is 18.8. The van der Waals surface area contributed by atoms with Crippen LogP contribution in [0.25, 0.3) is 0 Å². The summed E-state index contributed by atoms with van der Waals surface area (Å²) in [6.07, 6.45) is 2.65. The Morgan fingerprint density at radius 1 is 1.14 bits per heavy atom. The van der Waals surface area contributed by atoms with Crippen LogP contribution in [0.4, 0.5) is 0 Å². The van der Waals surface area contributed by atoms with Crippen molar-refractivity contribution in [2.24, 2.45) is 7.05 Å². The van der Waals surface area contributed by atoms with E-state index in [1.807, 2.05) is 12.1 Å². The van der Waals surface area contributed by atoms with Crippen LogP contribution >= 0.6 is 0 Å². The first-order chi connectivity index (χ1) is 13.4. The van der Waals surface area contributed by atoms with Gasteiger partial charge in [0.15, 0.2) is 11.5 Å². The number of nitrogens with zero attached hydrogens (tertiary/aromatic N) is 4. The fraction of sp³-hybridized carbons (Fsp3) is 0.444. The number of benzene rings is 1. The van der Waals surface area contributed by atoms with Crippen molar-refractivity contribution in [3.05, 3.63) is 36.7 Å². The van der Waals surface area contributed by atoms with Gasteiger partial charge in [-0.3, -0.25) is 9.48 Å². The number of amides is 1. The number of ether oxygens (including phenoxy) is 2. The topological polar surface area (TPSA) is 94.0 Å². The number of hydrogen-bond acceptors (Lipinski definition) is 6. The van der Waals surface area contributed by atoms with Crippen LogP contribution in [0.3, 0.4) is 0 Å². The maximum atomic E-state index is 12.9. The molecule has 0 saturated carbocycles. The molecule has 3 heterocycles. The number of sulfonamides is 1. The Labute approximate surface area is 163 Å². The highest BCUT2D eigenvalue weighted by molar-refractivity contribution is 7.89. The monoisotopic (exact) mass is 406 g/mol. The number of rotatable bonds is 3. The van der Waals surface area contributed by atoms with Gasteiger partial charge in [-0.1, -0.05) is 12.1 Å². The minimum absolute atomic E-state index is 0.143. The molecule has 150 valence electrons. The summed E-state index contributed by atoms with van der Waals surface area (Å²) in [6, 6.07) is 7.22. The molecule has 4 rings (SSSR count). The van der Waals surface area contributed by atoms with E-state index in [0.29, 0.717) is 37.6 Å². The lowest BCUT2D eigenvalue weighted by Gasteiger charge is -2.30. The Balaban J connectivity index is 1.42. The normalized spacial score (nSPS) is 20.6. The summed E-state index contributed by atoms with van der Waals surface area (Å²) in [5.74, 6) is 0.981. The number of carbonyl (C=O) groups excluding carboxylic acids is 1. The van der Waals surface area contributed by atoms with Crippen LogP contribution in [0.1, 0.15) is 6.42 Å². The van der Waals surface area contributed by atoms with E-state index in [9.17, 15) is 13.2 Å². The molecule has 1 fully saturated rings. The maximum Gasteiger partial charge on any atom is 0.267 e. The van der Waals surface area contributed by atoms with E-state index in [4.69, 9.17) is 9.47 Å². The third-order valence-corrected chi connectivity index (χ3v) is 6.72. The summed E-state index contributed by atoms with van der Waals surface area (Å²) in [5.41, 5.74) is 0. The molecule has 10 heteroatoms. The van der Waals surface area contributed by atoms with Gasteiger partial charge >= 0.3 is 0 Å². The molecule has 0 radical (unpaired) electrons. The zero-order valence-electron chi connectivity index (χ0n) is 15.5. The van der Waals surface area contributed by atoms with Gasteiger partial charge in [0.25, 0.3) is 5.91 Å². The fourth-order valence-corrected chi connectivity index (χ4v) is 4.84. The van der Waals surface area contributed by atoms with Crippen LogP contribution in [0, 0.1) is 0 Å². The van der Waals surface area contributed by atoms with Gasteiger partial charge in [0, 0.05) is 39.4 Å². The second-order valence-electron chi connectivity index (χ2n) is 6.80. The van der Waals surface area contributed by atoms with Crippen molar-refractivity contribution in [1.82, 2.24) is 19.0 Å². The SMILES string of the molecule is Cn1cc(S(=O)(=O)N2CCCN(C(=O)[C@@H]3COc4ccccc4O3)CC2)cn1. The molecule has 2 aliphatic rings. The van der Waals surface area contributed by atoms with Gasteiger partial charge < -0.3 is 14.4 Å². The standard InChI is InChI=1S/C18H22N4O5S/c1-20-12-14(11-19-20)28(24,25)22-8-4-7-21(9-10-22)18(23)17-13-26-15-5-2-3-6-16(15)27-17/h2-3,5-6,11-12,17H,4,7-10,13H2,1H3/t17-/m0/s1. The zero-order chi connectivity index (χ0) is 19.7. The first-order valence-corrected chi connectivity index (χ1v) is 10.6. The molecule has 0 bridgehead atoms. The average Bonchev–Trinajstić information content (AvgIpc) is 2.99. The lowest BCUT2D eigenvalue weighted by molar-refractivity contribution is -0.141. The maximum absolute atomic E-state index is 12.9. The highest BCUT2D eigenvalue weighted by atomic mass is 32.2. The summed E-state index contributed by atoms with van der Waals surface area (Å²) in [4.78, 5) is 14.7. The number of carbonyl (C=O) groups is 1. The number of para-hydroxylation sites is 2. The Morgan fingerprint density at radius 3 is 2.68 bits per heavy atom. The quantitative estimate of drug-likeness (QED) is 0.736. The van der Waals surface area contributed by atoms with Gasteiger partial charge in [0.05, 0.1) is 6.20 Å². The largest absolute Gasteiger partial charge is 0.485 e. The summed E-state index contributed by atoms with van der Waals surface area (Å²) >= 11 is 0. The predicted octanol–water partition coefficient (Wildman–Crippen LogP) is 0.483. The molecule has 2 aromatic rings. The molecular formula is C18H22N4O5S. The average molecular weight is 406 g/mol. The number of hydrogen-bond donors (Lipinski definition) is 0. The second kappa shape index (κ2) is 7.44. The van der Waals surface area contributed by atoms with Gasteiger partial charge in [0.1, 0.15) is 11.5 Å². The van der Waals surface area contributed by atoms with Crippen molar-refractivity contribution in [2.45, 2.75) is 17.4 Å². The van der Waals surface area contributed by atoms with Gasteiger partial charge in [0.2, 0.25) is 16.1 Å². The zero-order valence-corrected chi connectivity index (χ0v) is 16.3. The molecule has 1 amide bonds. The van der Waals surface area contributed by atoms with E-state index >= 15 is 0 Å². The molecule has 1 atom stereocenters. The lowest BCUT2D eigenvalue weighted by atomic mass is 10.2. The van der Waals surface area contributed by atoms with Crippen molar-refractivity contribution in [3.8, 4) is 11.5 Å². The Kier molecular flexibility index (Phi) is 4.98. The van der Waals surface area contributed by atoms with Crippen LogP contribution < -0.4 is 9.47 Å². The lowest BCUT2D eigenvalue weighted by Crippen LogP contribution is -2.47. The van der Waals surface area contributed by atoms with Crippen LogP contribution in [-0.2, 0) is 21.9 Å². The molecule has 0 spiro atoms. The van der Waals surface area contributed by atoms with Gasteiger partial charge in [-0.2, -0.15) is 9.40 Å². The first-order valence-electron chi connectivity index (χ1n) is 9.11. The second-order valence-corrected chi connectivity index (χ2v) is 8.73. The van der Waals surface area contributed by atoms with Crippen molar-refractivity contribution in [2.75, 3.05) is 32.8 Å². The fourth-order valence-electron chi connectivity index (χ4n) is 3.38. The van der Waals surface area contributed by atoms with Gasteiger partial charge in [-0.15, -0.1) is 0 Å². The van der Waals surface area contributed by atoms with Crippen molar-refractivity contribution < 1.29 is 22.7 Å². The summed E-state index contributed by atoms with van der Waals surface area (Å²) in [5, 5.41) is 3.94. The smallest absolute Gasteiger partial charge is 0.267 e.